The SMILES string of the molecule is CC(C)(C)OC(=O)N(CC(N)C(=O)O)C(=O)OCc1ccccc1. The number of nitrogens with zero attached hydrogens (tertiary/aromatic N) is 1. The van der Waals surface area contributed by atoms with Crippen LogP contribution in [-0.2, 0) is 20.9 Å². The molecule has 0 spiro atoms. The van der Waals surface area contributed by atoms with Gasteiger partial charge in [0, 0.05) is 0 Å². The van der Waals surface area contributed by atoms with E-state index in [1.54, 1.807) is 45.0 Å². The Hall–Kier alpha value is -2.61. The van der Waals surface area contributed by atoms with E-state index in [2.05, 4.69) is 0 Å². The van der Waals surface area contributed by atoms with E-state index in [1.165, 1.54) is 0 Å². The van der Waals surface area contributed by atoms with E-state index in [9.17, 15) is 14.4 Å². The van der Waals surface area contributed by atoms with Crippen LogP contribution in [0, 0.1) is 0 Å². The summed E-state index contributed by atoms with van der Waals surface area (Å²) in [6, 6.07) is 7.40. The maximum absolute atomic E-state index is 12.2. The minimum absolute atomic E-state index is 0.0682. The minimum atomic E-state index is -1.44. The lowest BCUT2D eigenvalue weighted by Crippen LogP contribution is -2.49. The lowest BCUT2D eigenvalue weighted by molar-refractivity contribution is -0.138. The van der Waals surface area contributed by atoms with Crippen molar-refractivity contribution >= 4 is 18.2 Å². The van der Waals surface area contributed by atoms with Gasteiger partial charge in [0.15, 0.2) is 0 Å². The molecule has 132 valence electrons. The van der Waals surface area contributed by atoms with Crippen LogP contribution in [0.1, 0.15) is 26.3 Å². The predicted octanol–water partition coefficient (Wildman–Crippen LogP) is 1.97. The number of carboxylic acid groups (broad SMARTS) is 1. The number of rotatable bonds is 5. The van der Waals surface area contributed by atoms with E-state index in [4.69, 9.17) is 20.3 Å². The number of aliphatic carboxylic acids is 1. The van der Waals surface area contributed by atoms with Crippen molar-refractivity contribution in [2.24, 2.45) is 5.73 Å². The molecule has 0 saturated heterocycles. The number of nitrogens with two attached hydrogens (primary N) is 1. The Balaban J connectivity index is 2.80. The maximum Gasteiger partial charge on any atom is 0.419 e. The van der Waals surface area contributed by atoms with Gasteiger partial charge in [0.25, 0.3) is 0 Å². The molecule has 3 N–H and O–H groups in total. The van der Waals surface area contributed by atoms with Gasteiger partial charge in [0.2, 0.25) is 0 Å². The fourth-order valence-electron chi connectivity index (χ4n) is 1.61. The molecule has 2 amide bonds. The smallest absolute Gasteiger partial charge is 0.419 e. The van der Waals surface area contributed by atoms with E-state index >= 15 is 0 Å². The van der Waals surface area contributed by atoms with E-state index in [1.807, 2.05) is 6.07 Å². The lowest BCUT2D eigenvalue weighted by Gasteiger charge is -2.26. The number of imide groups is 1. The summed E-state index contributed by atoms with van der Waals surface area (Å²) in [5.41, 5.74) is 5.27. The zero-order chi connectivity index (χ0) is 18.3. The number of hydrogen-bond acceptors (Lipinski definition) is 6. The summed E-state index contributed by atoms with van der Waals surface area (Å²) in [4.78, 5) is 35.7. The fourth-order valence-corrected chi connectivity index (χ4v) is 1.61. The molecule has 0 aliphatic carbocycles. The fraction of sp³-hybridized carbons (Fsp3) is 0.438. The largest absolute Gasteiger partial charge is 0.480 e. The summed E-state index contributed by atoms with van der Waals surface area (Å²) < 4.78 is 10.1. The van der Waals surface area contributed by atoms with E-state index < -0.39 is 36.3 Å². The third-order valence-corrected chi connectivity index (χ3v) is 2.74. The van der Waals surface area contributed by atoms with Crippen LogP contribution < -0.4 is 5.73 Å². The predicted molar refractivity (Wildman–Crippen MR) is 85.2 cm³/mol. The third-order valence-electron chi connectivity index (χ3n) is 2.74. The van der Waals surface area contributed by atoms with Gasteiger partial charge in [-0.2, -0.15) is 0 Å². The Bertz CT molecular complexity index is 582. The van der Waals surface area contributed by atoms with Crippen molar-refractivity contribution < 1.29 is 29.0 Å². The molecular weight excluding hydrogens is 316 g/mol. The first kappa shape index (κ1) is 19.4. The maximum atomic E-state index is 12.2. The van der Waals surface area contributed by atoms with Crippen LogP contribution in [0.2, 0.25) is 0 Å². The minimum Gasteiger partial charge on any atom is -0.480 e. The molecule has 1 aromatic carbocycles. The number of hydrogen-bond donors (Lipinski definition) is 2. The summed E-state index contributed by atoms with van der Waals surface area (Å²) in [7, 11) is 0. The summed E-state index contributed by atoms with van der Waals surface area (Å²) in [5.74, 6) is -1.35. The van der Waals surface area contributed by atoms with Crippen molar-refractivity contribution in [3.8, 4) is 0 Å². The van der Waals surface area contributed by atoms with Gasteiger partial charge in [0.1, 0.15) is 18.2 Å². The van der Waals surface area contributed by atoms with Gasteiger partial charge in [-0.05, 0) is 26.3 Å². The van der Waals surface area contributed by atoms with Gasteiger partial charge < -0.3 is 20.3 Å². The molecule has 0 radical (unpaired) electrons. The first-order chi connectivity index (χ1) is 11.1. The van der Waals surface area contributed by atoms with Crippen LogP contribution in [0.4, 0.5) is 9.59 Å². The Morgan fingerprint density at radius 2 is 1.75 bits per heavy atom. The highest BCUT2D eigenvalue weighted by molar-refractivity contribution is 5.89. The van der Waals surface area contributed by atoms with Crippen LogP contribution >= 0.6 is 0 Å². The van der Waals surface area contributed by atoms with E-state index in [0.717, 1.165) is 5.56 Å². The number of ether oxygens (including phenoxy) is 2. The number of carbonyl (C=O) groups is 3. The molecule has 0 heterocycles. The molecule has 0 aliphatic heterocycles. The molecular formula is C16H22N2O6. The molecule has 0 bridgehead atoms. The highest BCUT2D eigenvalue weighted by Crippen LogP contribution is 2.12. The number of benzene rings is 1. The van der Waals surface area contributed by atoms with Crippen molar-refractivity contribution in [1.29, 1.82) is 0 Å². The van der Waals surface area contributed by atoms with Crippen molar-refractivity contribution in [3.05, 3.63) is 35.9 Å². The normalized spacial score (nSPS) is 12.2. The summed E-state index contributed by atoms with van der Waals surface area (Å²) in [5, 5.41) is 8.88. The van der Waals surface area contributed by atoms with Gasteiger partial charge in [-0.25, -0.2) is 14.5 Å². The zero-order valence-electron chi connectivity index (χ0n) is 13.9. The van der Waals surface area contributed by atoms with Crippen LogP contribution in [0.25, 0.3) is 0 Å². The lowest BCUT2D eigenvalue weighted by atomic mass is 10.2. The van der Waals surface area contributed by atoms with Crippen molar-refractivity contribution in [2.45, 2.75) is 39.0 Å². The van der Waals surface area contributed by atoms with Gasteiger partial charge in [-0.15, -0.1) is 0 Å². The first-order valence-electron chi connectivity index (χ1n) is 7.29. The van der Waals surface area contributed by atoms with E-state index in [0.29, 0.717) is 4.90 Å². The van der Waals surface area contributed by atoms with Gasteiger partial charge in [0.05, 0.1) is 6.54 Å². The van der Waals surface area contributed by atoms with Gasteiger partial charge in [-0.1, -0.05) is 30.3 Å². The standard InChI is InChI=1S/C16H22N2O6/c1-16(2,3)24-15(22)18(9-12(17)13(19)20)14(21)23-10-11-7-5-4-6-8-11/h4-8,12H,9-10,17H2,1-3H3,(H,19,20). The molecule has 0 fully saturated rings. The Morgan fingerprint density at radius 3 is 2.25 bits per heavy atom. The molecule has 1 aromatic rings. The average Bonchev–Trinajstić information content (AvgIpc) is 2.49. The number of carboxylic acids is 1. The van der Waals surface area contributed by atoms with Crippen LogP contribution in [0.15, 0.2) is 30.3 Å². The Labute approximate surface area is 140 Å². The molecule has 0 saturated carbocycles. The van der Waals surface area contributed by atoms with Crippen LogP contribution in [0.3, 0.4) is 0 Å². The molecule has 24 heavy (non-hydrogen) atoms. The summed E-state index contributed by atoms with van der Waals surface area (Å²) in [6.07, 6.45) is -2.04. The quantitative estimate of drug-likeness (QED) is 0.842. The molecule has 8 nitrogen and oxygen atoms in total. The monoisotopic (exact) mass is 338 g/mol. The summed E-state index contributed by atoms with van der Waals surface area (Å²) >= 11 is 0. The second-order valence-electron chi connectivity index (χ2n) is 6.08. The molecule has 1 atom stereocenters. The van der Waals surface area contributed by atoms with E-state index in [-0.39, 0.29) is 6.61 Å². The second kappa shape index (κ2) is 8.30. The van der Waals surface area contributed by atoms with Gasteiger partial charge >= 0.3 is 18.2 Å². The Kier molecular flexibility index (Phi) is 6.72. The highest BCUT2D eigenvalue weighted by Gasteiger charge is 2.31. The zero-order valence-corrected chi connectivity index (χ0v) is 13.9. The van der Waals surface area contributed by atoms with Crippen LogP contribution in [0.5, 0.6) is 0 Å². The second-order valence-corrected chi connectivity index (χ2v) is 6.08. The van der Waals surface area contributed by atoms with Crippen molar-refractivity contribution in [3.63, 3.8) is 0 Å². The highest BCUT2D eigenvalue weighted by atomic mass is 16.6. The molecule has 0 aliphatic rings. The molecule has 1 rings (SSSR count). The first-order valence-corrected chi connectivity index (χ1v) is 7.29. The van der Waals surface area contributed by atoms with Crippen molar-refractivity contribution in [2.75, 3.05) is 6.54 Å². The molecule has 1 unspecified atom stereocenters. The molecule has 8 heteroatoms. The van der Waals surface area contributed by atoms with Crippen molar-refractivity contribution in [1.82, 2.24) is 4.90 Å². The summed E-state index contributed by atoms with van der Waals surface area (Å²) in [6.45, 7) is 4.24. The third kappa shape index (κ3) is 6.66. The van der Waals surface area contributed by atoms with Gasteiger partial charge in [-0.3, -0.25) is 4.79 Å². The Morgan fingerprint density at radius 1 is 1.17 bits per heavy atom. The number of carbonyl (C=O) groups excluding carboxylic acids is 2. The molecule has 0 aromatic heterocycles. The average molecular weight is 338 g/mol. The topological polar surface area (TPSA) is 119 Å². The van der Waals surface area contributed by atoms with Crippen LogP contribution in [-0.4, -0.2) is 46.3 Å². The number of amides is 2.